The second-order valence-electron chi connectivity index (χ2n) is 3.83. The number of ether oxygens (including phenoxy) is 1. The number of amides is 1. The number of carbonyl (C=O) groups is 1. The van der Waals surface area contributed by atoms with Crippen LogP contribution < -0.4 is 5.73 Å². The van der Waals surface area contributed by atoms with Crippen LogP contribution in [0.3, 0.4) is 0 Å². The third-order valence-corrected chi connectivity index (χ3v) is 3.16. The summed E-state index contributed by atoms with van der Waals surface area (Å²) in [5, 5.41) is 0. The smallest absolute Gasteiger partial charge is 0.404 e. The van der Waals surface area contributed by atoms with Gasteiger partial charge in [0, 0.05) is 10.9 Å². The molecule has 86 valence electrons. The average molecular weight is 288 g/mol. The van der Waals surface area contributed by atoms with Crippen molar-refractivity contribution < 1.29 is 13.9 Å². The molecule has 0 bridgehead atoms. The Kier molecular flexibility index (Phi) is 3.14. The Morgan fingerprint density at radius 1 is 1.56 bits per heavy atom. The third-order valence-electron chi connectivity index (χ3n) is 2.70. The number of carbonyl (C=O) groups excluding carboxylic acids is 1. The molecule has 0 aromatic heterocycles. The van der Waals surface area contributed by atoms with Crippen molar-refractivity contribution in [3.05, 3.63) is 33.5 Å². The molecular formula is C11H11BrFNO2. The minimum atomic E-state index is -0.800. The lowest BCUT2D eigenvalue weighted by atomic mass is 9.89. The summed E-state index contributed by atoms with van der Waals surface area (Å²) >= 11 is 3.25. The van der Waals surface area contributed by atoms with Gasteiger partial charge in [-0.05, 0) is 36.1 Å². The van der Waals surface area contributed by atoms with E-state index in [0.29, 0.717) is 24.8 Å². The van der Waals surface area contributed by atoms with Crippen molar-refractivity contribution in [1.29, 1.82) is 0 Å². The van der Waals surface area contributed by atoms with Crippen LogP contribution in [-0.4, -0.2) is 12.2 Å². The summed E-state index contributed by atoms with van der Waals surface area (Å²) in [5.74, 6) is -0.262. The van der Waals surface area contributed by atoms with E-state index in [1.165, 1.54) is 6.07 Å². The summed E-state index contributed by atoms with van der Waals surface area (Å²) < 4.78 is 19.3. The highest BCUT2D eigenvalue weighted by Crippen LogP contribution is 2.28. The van der Waals surface area contributed by atoms with Gasteiger partial charge in [-0.3, -0.25) is 0 Å². The molecule has 0 aliphatic heterocycles. The lowest BCUT2D eigenvalue weighted by Gasteiger charge is -2.24. The van der Waals surface area contributed by atoms with E-state index in [1.807, 2.05) is 6.07 Å². The fourth-order valence-corrected chi connectivity index (χ4v) is 2.50. The minimum Gasteiger partial charge on any atom is -0.446 e. The minimum absolute atomic E-state index is 0.262. The van der Waals surface area contributed by atoms with Gasteiger partial charge in [-0.15, -0.1) is 0 Å². The van der Waals surface area contributed by atoms with Gasteiger partial charge in [0.1, 0.15) is 11.9 Å². The molecule has 0 saturated heterocycles. The largest absolute Gasteiger partial charge is 0.446 e. The number of aryl methyl sites for hydroxylation is 1. The van der Waals surface area contributed by atoms with Crippen LogP contribution in [0.1, 0.15) is 17.5 Å². The number of primary amides is 1. The van der Waals surface area contributed by atoms with Crippen LogP contribution in [-0.2, 0) is 17.6 Å². The highest BCUT2D eigenvalue weighted by Gasteiger charge is 2.23. The topological polar surface area (TPSA) is 52.3 Å². The first-order chi connectivity index (χ1) is 7.56. The van der Waals surface area contributed by atoms with Crippen LogP contribution >= 0.6 is 15.9 Å². The quantitative estimate of drug-likeness (QED) is 0.863. The maximum Gasteiger partial charge on any atom is 0.404 e. The Hall–Kier alpha value is -1.10. The van der Waals surface area contributed by atoms with Crippen molar-refractivity contribution in [3.8, 4) is 0 Å². The van der Waals surface area contributed by atoms with Crippen LogP contribution in [0.4, 0.5) is 9.18 Å². The second-order valence-corrected chi connectivity index (χ2v) is 4.74. The average Bonchev–Trinajstić information content (AvgIpc) is 2.18. The van der Waals surface area contributed by atoms with Crippen molar-refractivity contribution in [2.24, 2.45) is 5.73 Å². The van der Waals surface area contributed by atoms with Crippen LogP contribution in [0.5, 0.6) is 0 Å². The summed E-state index contributed by atoms with van der Waals surface area (Å²) in [6.45, 7) is 0. The Balaban J connectivity index is 2.23. The van der Waals surface area contributed by atoms with Gasteiger partial charge in [0.15, 0.2) is 0 Å². The predicted octanol–water partition coefficient (Wildman–Crippen LogP) is 2.54. The van der Waals surface area contributed by atoms with E-state index in [9.17, 15) is 9.18 Å². The molecule has 0 spiro atoms. The molecule has 1 amide bonds. The fourth-order valence-electron chi connectivity index (χ4n) is 2.02. The second kappa shape index (κ2) is 4.41. The molecule has 1 aliphatic rings. The zero-order valence-electron chi connectivity index (χ0n) is 8.50. The number of halogens is 2. The van der Waals surface area contributed by atoms with E-state index in [2.05, 4.69) is 15.9 Å². The lowest BCUT2D eigenvalue weighted by molar-refractivity contribution is 0.0972. The Bertz CT molecular complexity index is 436. The van der Waals surface area contributed by atoms with Crippen molar-refractivity contribution in [3.63, 3.8) is 0 Å². The fraction of sp³-hybridized carbons (Fsp3) is 0.364. The molecule has 1 atom stereocenters. The summed E-state index contributed by atoms with van der Waals surface area (Å²) in [5.41, 5.74) is 6.54. The van der Waals surface area contributed by atoms with E-state index in [1.54, 1.807) is 0 Å². The zero-order valence-corrected chi connectivity index (χ0v) is 10.1. The molecule has 2 rings (SSSR count). The third kappa shape index (κ3) is 2.35. The van der Waals surface area contributed by atoms with Crippen LogP contribution in [0.15, 0.2) is 16.6 Å². The SMILES string of the molecule is NC(=O)OC1CCc2cc(Br)cc(F)c2C1. The molecule has 0 fully saturated rings. The van der Waals surface area contributed by atoms with Gasteiger partial charge in [-0.2, -0.15) is 0 Å². The molecule has 1 aliphatic carbocycles. The van der Waals surface area contributed by atoms with Gasteiger partial charge in [0.25, 0.3) is 0 Å². The van der Waals surface area contributed by atoms with Crippen LogP contribution in [0.2, 0.25) is 0 Å². The molecule has 1 unspecified atom stereocenters. The van der Waals surface area contributed by atoms with E-state index >= 15 is 0 Å². The van der Waals surface area contributed by atoms with Crippen molar-refractivity contribution in [2.75, 3.05) is 0 Å². The number of rotatable bonds is 1. The van der Waals surface area contributed by atoms with Gasteiger partial charge in [-0.25, -0.2) is 9.18 Å². The predicted molar refractivity (Wildman–Crippen MR) is 60.6 cm³/mol. The van der Waals surface area contributed by atoms with Gasteiger partial charge >= 0.3 is 6.09 Å². The standard InChI is InChI=1S/C11H11BrFNO2/c12-7-3-6-1-2-8(16-11(14)15)5-9(6)10(13)4-7/h3-4,8H,1-2,5H2,(H2,14,15). The van der Waals surface area contributed by atoms with E-state index in [-0.39, 0.29) is 11.9 Å². The Labute approximate surface area is 101 Å². The number of benzene rings is 1. The van der Waals surface area contributed by atoms with Crippen LogP contribution in [0.25, 0.3) is 0 Å². The van der Waals surface area contributed by atoms with Crippen molar-refractivity contribution >= 4 is 22.0 Å². The van der Waals surface area contributed by atoms with Gasteiger partial charge < -0.3 is 10.5 Å². The maximum atomic E-state index is 13.6. The van der Waals surface area contributed by atoms with E-state index in [0.717, 1.165) is 10.0 Å². The normalized spacial score (nSPS) is 19.0. The van der Waals surface area contributed by atoms with Crippen molar-refractivity contribution in [1.82, 2.24) is 0 Å². The molecule has 2 N–H and O–H groups in total. The lowest BCUT2D eigenvalue weighted by Crippen LogP contribution is -2.28. The molecule has 3 nitrogen and oxygen atoms in total. The zero-order chi connectivity index (χ0) is 11.7. The molecule has 0 radical (unpaired) electrons. The molecule has 1 aromatic rings. The van der Waals surface area contributed by atoms with Crippen LogP contribution in [0, 0.1) is 5.82 Å². The first-order valence-corrected chi connectivity index (χ1v) is 5.78. The van der Waals surface area contributed by atoms with E-state index < -0.39 is 6.09 Å². The highest BCUT2D eigenvalue weighted by molar-refractivity contribution is 9.10. The highest BCUT2D eigenvalue weighted by atomic mass is 79.9. The first-order valence-electron chi connectivity index (χ1n) is 4.99. The number of nitrogens with two attached hydrogens (primary N) is 1. The summed E-state index contributed by atoms with van der Waals surface area (Å²) in [6, 6.07) is 3.32. The summed E-state index contributed by atoms with van der Waals surface area (Å²) in [7, 11) is 0. The maximum absolute atomic E-state index is 13.6. The molecule has 1 aromatic carbocycles. The van der Waals surface area contributed by atoms with Crippen molar-refractivity contribution in [2.45, 2.75) is 25.4 Å². The van der Waals surface area contributed by atoms with Gasteiger partial charge in [0.2, 0.25) is 0 Å². The molecule has 5 heteroatoms. The summed E-state index contributed by atoms with van der Waals surface area (Å²) in [4.78, 5) is 10.6. The van der Waals surface area contributed by atoms with Gasteiger partial charge in [-0.1, -0.05) is 15.9 Å². The molecular weight excluding hydrogens is 277 g/mol. The summed E-state index contributed by atoms with van der Waals surface area (Å²) in [6.07, 6.45) is 0.680. The Morgan fingerprint density at radius 3 is 3.00 bits per heavy atom. The molecule has 0 heterocycles. The molecule has 0 saturated carbocycles. The monoisotopic (exact) mass is 287 g/mol. The number of fused-ring (bicyclic) bond motifs is 1. The van der Waals surface area contributed by atoms with E-state index in [4.69, 9.17) is 10.5 Å². The molecule has 16 heavy (non-hydrogen) atoms. The Morgan fingerprint density at radius 2 is 2.31 bits per heavy atom. The van der Waals surface area contributed by atoms with Gasteiger partial charge in [0.05, 0.1) is 0 Å². The number of hydrogen-bond acceptors (Lipinski definition) is 2. The first kappa shape index (κ1) is 11.4. The number of hydrogen-bond donors (Lipinski definition) is 1.